The van der Waals surface area contributed by atoms with Gasteiger partial charge in [0, 0.05) is 12.0 Å². The molecule has 1 heterocycles. The van der Waals surface area contributed by atoms with Crippen LogP contribution in [0.3, 0.4) is 0 Å². The van der Waals surface area contributed by atoms with E-state index in [9.17, 15) is 4.79 Å². The summed E-state index contributed by atoms with van der Waals surface area (Å²) in [6.45, 7) is 2.04. The number of nitrogens with zero attached hydrogens (tertiary/aromatic N) is 2. The molecule has 0 aliphatic carbocycles. The number of hydrazone groups is 1. The number of aryl methyl sites for hydroxylation is 1. The fourth-order valence-electron chi connectivity index (χ4n) is 3.69. The summed E-state index contributed by atoms with van der Waals surface area (Å²) in [5.41, 5.74) is 4.28. The van der Waals surface area contributed by atoms with Crippen LogP contribution in [0.25, 0.3) is 0 Å². The molecule has 0 N–H and O–H groups in total. The lowest BCUT2D eigenvalue weighted by Gasteiger charge is -2.22. The number of ether oxygens (including phenoxy) is 2. The summed E-state index contributed by atoms with van der Waals surface area (Å²) in [6.07, 6.45) is 0.578. The molecule has 1 atom stereocenters. The standard InChI is InChI=1S/C25H23ClN2O3/c1-16-8-10-17(11-9-16)22-15-21(18-12-13-23(30-2)24(14-18)31-3)27-28(22)25(29)19-6-4-5-7-20(19)26/h4-14,22H,15H2,1-3H3. The van der Waals surface area contributed by atoms with Gasteiger partial charge in [-0.2, -0.15) is 5.10 Å². The van der Waals surface area contributed by atoms with E-state index in [0.717, 1.165) is 22.4 Å². The van der Waals surface area contributed by atoms with E-state index in [0.29, 0.717) is 28.5 Å². The predicted octanol–water partition coefficient (Wildman–Crippen LogP) is 5.66. The van der Waals surface area contributed by atoms with Gasteiger partial charge in [-0.25, -0.2) is 5.01 Å². The molecule has 158 valence electrons. The SMILES string of the molecule is COc1ccc(C2=NN(C(=O)c3ccccc3Cl)C(c3ccc(C)cc3)C2)cc1OC. The second-order valence-electron chi connectivity index (χ2n) is 7.38. The fourth-order valence-corrected chi connectivity index (χ4v) is 3.91. The third-order valence-corrected chi connectivity index (χ3v) is 5.73. The van der Waals surface area contributed by atoms with E-state index in [-0.39, 0.29) is 11.9 Å². The average Bonchev–Trinajstić information content (AvgIpc) is 3.24. The number of amides is 1. The zero-order chi connectivity index (χ0) is 22.0. The van der Waals surface area contributed by atoms with Crippen molar-refractivity contribution in [3.8, 4) is 11.5 Å². The van der Waals surface area contributed by atoms with Gasteiger partial charge in [0.05, 0.1) is 36.6 Å². The summed E-state index contributed by atoms with van der Waals surface area (Å²) in [5, 5.41) is 6.68. The minimum absolute atomic E-state index is 0.229. The third-order valence-electron chi connectivity index (χ3n) is 5.40. The van der Waals surface area contributed by atoms with Crippen molar-refractivity contribution in [1.29, 1.82) is 0 Å². The summed E-state index contributed by atoms with van der Waals surface area (Å²) in [6, 6.07) is 20.6. The van der Waals surface area contributed by atoms with E-state index in [1.807, 2.05) is 49.4 Å². The molecule has 3 aromatic rings. The highest BCUT2D eigenvalue weighted by Gasteiger charge is 2.34. The molecular weight excluding hydrogens is 412 g/mol. The van der Waals surface area contributed by atoms with Crippen LogP contribution < -0.4 is 9.47 Å². The first-order chi connectivity index (χ1) is 15.0. The van der Waals surface area contributed by atoms with Gasteiger partial charge in [-0.1, -0.05) is 53.6 Å². The Balaban J connectivity index is 1.76. The fraction of sp³-hybridized carbons (Fsp3) is 0.200. The van der Waals surface area contributed by atoms with Crippen LogP contribution in [0.5, 0.6) is 11.5 Å². The second-order valence-corrected chi connectivity index (χ2v) is 7.78. The largest absolute Gasteiger partial charge is 0.493 e. The van der Waals surface area contributed by atoms with Gasteiger partial charge in [0.1, 0.15) is 0 Å². The molecular formula is C25H23ClN2O3. The number of methoxy groups -OCH3 is 2. The molecule has 0 bridgehead atoms. The maximum absolute atomic E-state index is 13.4. The summed E-state index contributed by atoms with van der Waals surface area (Å²) in [5.74, 6) is 1.03. The number of hydrogen-bond donors (Lipinski definition) is 0. The summed E-state index contributed by atoms with van der Waals surface area (Å²) < 4.78 is 10.8. The van der Waals surface area contributed by atoms with Crippen molar-refractivity contribution in [2.75, 3.05) is 14.2 Å². The summed E-state index contributed by atoms with van der Waals surface area (Å²) >= 11 is 6.31. The van der Waals surface area contributed by atoms with Crippen molar-refractivity contribution in [3.05, 3.63) is 94.0 Å². The lowest BCUT2D eigenvalue weighted by molar-refractivity contribution is 0.0711. The maximum Gasteiger partial charge on any atom is 0.276 e. The lowest BCUT2D eigenvalue weighted by atomic mass is 9.97. The number of halogens is 1. The van der Waals surface area contributed by atoms with E-state index in [2.05, 4.69) is 0 Å². The molecule has 4 rings (SSSR count). The molecule has 0 saturated carbocycles. The number of benzene rings is 3. The molecule has 5 nitrogen and oxygen atoms in total. The zero-order valence-corrected chi connectivity index (χ0v) is 18.4. The van der Waals surface area contributed by atoms with Crippen LogP contribution >= 0.6 is 11.6 Å². The van der Waals surface area contributed by atoms with E-state index >= 15 is 0 Å². The van der Waals surface area contributed by atoms with Crippen molar-refractivity contribution < 1.29 is 14.3 Å². The molecule has 31 heavy (non-hydrogen) atoms. The topological polar surface area (TPSA) is 51.1 Å². The number of carbonyl (C=O) groups excluding carboxylic acids is 1. The minimum Gasteiger partial charge on any atom is -0.493 e. The molecule has 1 amide bonds. The van der Waals surface area contributed by atoms with Gasteiger partial charge in [-0.15, -0.1) is 0 Å². The molecule has 6 heteroatoms. The normalized spacial score (nSPS) is 15.5. The first-order valence-corrected chi connectivity index (χ1v) is 10.3. The summed E-state index contributed by atoms with van der Waals surface area (Å²) in [7, 11) is 3.20. The molecule has 0 fully saturated rings. The quantitative estimate of drug-likeness (QED) is 0.520. The third kappa shape index (κ3) is 4.14. The van der Waals surface area contributed by atoms with Gasteiger partial charge in [-0.05, 0) is 42.8 Å². The Bertz CT molecular complexity index is 1140. The first-order valence-electron chi connectivity index (χ1n) is 9.96. The molecule has 0 radical (unpaired) electrons. The average molecular weight is 435 g/mol. The van der Waals surface area contributed by atoms with E-state index in [1.54, 1.807) is 38.5 Å². The highest BCUT2D eigenvalue weighted by molar-refractivity contribution is 6.33. The number of carbonyl (C=O) groups is 1. The molecule has 0 spiro atoms. The minimum atomic E-state index is -0.230. The molecule has 3 aromatic carbocycles. The molecule has 0 saturated heterocycles. The van der Waals surface area contributed by atoms with Crippen LogP contribution in [0, 0.1) is 6.92 Å². The van der Waals surface area contributed by atoms with Crippen LogP contribution in [-0.4, -0.2) is 30.8 Å². The van der Waals surface area contributed by atoms with Crippen LogP contribution in [-0.2, 0) is 0 Å². The van der Waals surface area contributed by atoms with Crippen molar-refractivity contribution in [3.63, 3.8) is 0 Å². The molecule has 1 aliphatic heterocycles. The van der Waals surface area contributed by atoms with Crippen LogP contribution in [0.4, 0.5) is 0 Å². The lowest BCUT2D eigenvalue weighted by Crippen LogP contribution is -2.27. The maximum atomic E-state index is 13.4. The second kappa shape index (κ2) is 8.82. The number of rotatable bonds is 5. The molecule has 1 unspecified atom stereocenters. The van der Waals surface area contributed by atoms with Crippen molar-refractivity contribution >= 4 is 23.2 Å². The van der Waals surface area contributed by atoms with Crippen molar-refractivity contribution in [1.82, 2.24) is 5.01 Å². The van der Waals surface area contributed by atoms with E-state index in [4.69, 9.17) is 26.2 Å². The van der Waals surface area contributed by atoms with Crippen LogP contribution in [0.1, 0.15) is 39.5 Å². The molecule has 0 aromatic heterocycles. The van der Waals surface area contributed by atoms with Crippen molar-refractivity contribution in [2.24, 2.45) is 5.10 Å². The van der Waals surface area contributed by atoms with Crippen LogP contribution in [0.15, 0.2) is 71.8 Å². The van der Waals surface area contributed by atoms with E-state index < -0.39 is 0 Å². The van der Waals surface area contributed by atoms with Gasteiger partial charge in [0.25, 0.3) is 5.91 Å². The Morgan fingerprint density at radius 2 is 1.71 bits per heavy atom. The van der Waals surface area contributed by atoms with Gasteiger partial charge in [0.15, 0.2) is 11.5 Å². The van der Waals surface area contributed by atoms with Gasteiger partial charge in [-0.3, -0.25) is 4.79 Å². The Labute approximate surface area is 186 Å². The Hall–Kier alpha value is -3.31. The zero-order valence-electron chi connectivity index (χ0n) is 17.6. The van der Waals surface area contributed by atoms with E-state index in [1.165, 1.54) is 5.01 Å². The Kier molecular flexibility index (Phi) is 5.96. The monoisotopic (exact) mass is 434 g/mol. The predicted molar refractivity (Wildman–Crippen MR) is 122 cm³/mol. The highest BCUT2D eigenvalue weighted by Crippen LogP contribution is 2.36. The van der Waals surface area contributed by atoms with Gasteiger partial charge < -0.3 is 9.47 Å². The molecule has 1 aliphatic rings. The number of hydrogen-bond acceptors (Lipinski definition) is 4. The highest BCUT2D eigenvalue weighted by atomic mass is 35.5. The first kappa shape index (κ1) is 20.9. The van der Waals surface area contributed by atoms with Crippen LogP contribution in [0.2, 0.25) is 5.02 Å². The van der Waals surface area contributed by atoms with Crippen molar-refractivity contribution in [2.45, 2.75) is 19.4 Å². The summed E-state index contributed by atoms with van der Waals surface area (Å²) in [4.78, 5) is 13.4. The smallest absolute Gasteiger partial charge is 0.276 e. The van der Waals surface area contributed by atoms with Gasteiger partial charge >= 0.3 is 0 Å². The van der Waals surface area contributed by atoms with Gasteiger partial charge in [0.2, 0.25) is 0 Å². The Morgan fingerprint density at radius 3 is 2.39 bits per heavy atom. The Morgan fingerprint density at radius 1 is 1.00 bits per heavy atom.